The molecule has 2 aromatic rings. The molecule has 0 aliphatic heterocycles. The van der Waals surface area contributed by atoms with E-state index in [1.54, 1.807) is 67.8 Å². The van der Waals surface area contributed by atoms with Crippen molar-refractivity contribution in [3.63, 3.8) is 0 Å². The van der Waals surface area contributed by atoms with E-state index in [-0.39, 0.29) is 12.0 Å². The molecule has 1 unspecified atom stereocenters. The molecule has 0 fully saturated rings. The molecule has 0 aliphatic rings. The fraction of sp³-hybridized carbons (Fsp3) is 0.174. The molecule has 0 spiro atoms. The summed E-state index contributed by atoms with van der Waals surface area (Å²) in [6.07, 6.45) is 1.24. The third kappa shape index (κ3) is 7.63. The van der Waals surface area contributed by atoms with Crippen molar-refractivity contribution in [1.82, 2.24) is 0 Å². The summed E-state index contributed by atoms with van der Waals surface area (Å²) >= 11 is 0. The van der Waals surface area contributed by atoms with Gasteiger partial charge >= 0.3 is 17.9 Å². The zero-order chi connectivity index (χ0) is 21.9. The van der Waals surface area contributed by atoms with Gasteiger partial charge in [0.1, 0.15) is 11.5 Å². The number of benzene rings is 2. The van der Waals surface area contributed by atoms with Crippen LogP contribution in [0.3, 0.4) is 0 Å². The second-order valence-electron chi connectivity index (χ2n) is 6.08. The van der Waals surface area contributed by atoms with Crippen molar-refractivity contribution < 1.29 is 33.3 Å². The Morgan fingerprint density at radius 2 is 1.63 bits per heavy atom. The Morgan fingerprint density at radius 3 is 2.27 bits per heavy atom. The second-order valence-corrected chi connectivity index (χ2v) is 6.08. The molecular weight excluding hydrogens is 388 g/mol. The average Bonchev–Trinajstić information content (AvgIpc) is 2.73. The summed E-state index contributed by atoms with van der Waals surface area (Å²) in [5.41, 5.74) is 0.648. The topological polar surface area (TPSA) is 88.1 Å². The summed E-state index contributed by atoms with van der Waals surface area (Å²) < 4.78 is 20.1. The van der Waals surface area contributed by atoms with Crippen LogP contribution in [0.1, 0.15) is 18.9 Å². The van der Waals surface area contributed by atoms with Gasteiger partial charge < -0.3 is 18.9 Å². The Bertz CT molecular complexity index is 914. The van der Waals surface area contributed by atoms with E-state index < -0.39 is 24.2 Å². The average molecular weight is 410 g/mol. The highest BCUT2D eigenvalue weighted by atomic mass is 16.7. The lowest BCUT2D eigenvalue weighted by atomic mass is 10.2. The van der Waals surface area contributed by atoms with Gasteiger partial charge in [0, 0.05) is 18.6 Å². The summed E-state index contributed by atoms with van der Waals surface area (Å²) in [5, 5.41) is 0. The molecule has 30 heavy (non-hydrogen) atoms. The van der Waals surface area contributed by atoms with Crippen molar-refractivity contribution in [3.8, 4) is 11.5 Å². The van der Waals surface area contributed by atoms with E-state index in [9.17, 15) is 14.4 Å². The number of esters is 3. The van der Waals surface area contributed by atoms with Crippen LogP contribution < -0.4 is 9.47 Å². The van der Waals surface area contributed by atoms with Crippen LogP contribution in [-0.4, -0.2) is 31.3 Å². The van der Waals surface area contributed by atoms with E-state index in [0.29, 0.717) is 11.5 Å². The third-order valence-corrected chi connectivity index (χ3v) is 3.70. The van der Waals surface area contributed by atoms with Crippen molar-refractivity contribution in [2.24, 2.45) is 0 Å². The van der Waals surface area contributed by atoms with Crippen molar-refractivity contribution in [3.05, 3.63) is 78.4 Å². The molecule has 0 saturated heterocycles. The summed E-state index contributed by atoms with van der Waals surface area (Å²) in [6, 6.07) is 15.5. The molecule has 0 bridgehead atoms. The second kappa shape index (κ2) is 11.2. The van der Waals surface area contributed by atoms with Crippen LogP contribution in [0.5, 0.6) is 11.5 Å². The van der Waals surface area contributed by atoms with Crippen LogP contribution >= 0.6 is 0 Å². The molecule has 0 aliphatic carbocycles. The lowest BCUT2D eigenvalue weighted by Gasteiger charge is -2.13. The predicted molar refractivity (Wildman–Crippen MR) is 110 cm³/mol. The van der Waals surface area contributed by atoms with Crippen LogP contribution in [0, 0.1) is 0 Å². The largest absolute Gasteiger partial charge is 0.497 e. The van der Waals surface area contributed by atoms with E-state index in [1.165, 1.54) is 13.0 Å². The van der Waals surface area contributed by atoms with Gasteiger partial charge in [-0.1, -0.05) is 36.9 Å². The van der Waals surface area contributed by atoms with E-state index in [4.69, 9.17) is 18.9 Å². The first kappa shape index (κ1) is 22.4. The van der Waals surface area contributed by atoms with E-state index in [2.05, 4.69) is 6.58 Å². The zero-order valence-corrected chi connectivity index (χ0v) is 16.7. The highest BCUT2D eigenvalue weighted by Gasteiger charge is 2.18. The van der Waals surface area contributed by atoms with Crippen molar-refractivity contribution in [2.75, 3.05) is 7.11 Å². The quantitative estimate of drug-likeness (QED) is 0.270. The van der Waals surface area contributed by atoms with E-state index in [1.807, 2.05) is 0 Å². The van der Waals surface area contributed by atoms with E-state index in [0.717, 1.165) is 5.56 Å². The number of rotatable bonds is 9. The maximum atomic E-state index is 12.0. The first-order valence-corrected chi connectivity index (χ1v) is 9.04. The Hall–Kier alpha value is -3.87. The molecule has 2 aromatic carbocycles. The molecule has 0 N–H and O–H groups in total. The first-order valence-electron chi connectivity index (χ1n) is 9.04. The molecule has 7 nitrogen and oxygen atoms in total. The molecule has 0 aromatic heterocycles. The summed E-state index contributed by atoms with van der Waals surface area (Å²) in [4.78, 5) is 35.7. The Kier molecular flexibility index (Phi) is 8.38. The normalized spacial score (nSPS) is 11.4. The zero-order valence-electron chi connectivity index (χ0n) is 16.7. The van der Waals surface area contributed by atoms with Crippen molar-refractivity contribution >= 4 is 24.0 Å². The van der Waals surface area contributed by atoms with Gasteiger partial charge in [0.2, 0.25) is 6.29 Å². The van der Waals surface area contributed by atoms with Crippen molar-refractivity contribution in [1.29, 1.82) is 0 Å². The standard InChI is InChI=1S/C23H22O7/c1-16(15-22(25)30-20-7-5-4-6-8-20)23(26)29-17(2)28-21(24)14-11-18-9-12-19(27-3)13-10-18/h4-14,17H,1,15H2,2-3H3/b14-11+. The van der Waals surface area contributed by atoms with Gasteiger partial charge in [-0.15, -0.1) is 0 Å². The molecule has 156 valence electrons. The number of hydrogen-bond acceptors (Lipinski definition) is 7. The van der Waals surface area contributed by atoms with Crippen LogP contribution in [0.4, 0.5) is 0 Å². The minimum Gasteiger partial charge on any atom is -0.497 e. The molecule has 0 amide bonds. The van der Waals surface area contributed by atoms with Gasteiger partial charge in [-0.3, -0.25) is 4.79 Å². The summed E-state index contributed by atoms with van der Waals surface area (Å²) in [7, 11) is 1.56. The number of methoxy groups -OCH3 is 1. The van der Waals surface area contributed by atoms with Gasteiger partial charge in [-0.05, 0) is 35.9 Å². The highest BCUT2D eigenvalue weighted by molar-refractivity contribution is 5.94. The Balaban J connectivity index is 1.76. The van der Waals surface area contributed by atoms with Crippen LogP contribution in [-0.2, 0) is 23.9 Å². The van der Waals surface area contributed by atoms with Gasteiger partial charge in [0.05, 0.1) is 13.5 Å². The number of hydrogen-bond donors (Lipinski definition) is 0. The van der Waals surface area contributed by atoms with Gasteiger partial charge in [-0.2, -0.15) is 0 Å². The van der Waals surface area contributed by atoms with Crippen molar-refractivity contribution in [2.45, 2.75) is 19.6 Å². The molecule has 1 atom stereocenters. The summed E-state index contributed by atoms with van der Waals surface area (Å²) in [6.45, 7) is 4.90. The number of carbonyl (C=O) groups excluding carboxylic acids is 3. The molecule has 2 rings (SSSR count). The third-order valence-electron chi connectivity index (χ3n) is 3.70. The van der Waals surface area contributed by atoms with Gasteiger partial charge in [0.25, 0.3) is 0 Å². The minimum atomic E-state index is -1.16. The molecule has 0 saturated carbocycles. The minimum absolute atomic E-state index is 0.118. The van der Waals surface area contributed by atoms with Crippen LogP contribution in [0.25, 0.3) is 6.08 Å². The van der Waals surface area contributed by atoms with Crippen LogP contribution in [0.2, 0.25) is 0 Å². The highest BCUT2D eigenvalue weighted by Crippen LogP contribution is 2.13. The van der Waals surface area contributed by atoms with Crippen LogP contribution in [0.15, 0.2) is 72.8 Å². The lowest BCUT2D eigenvalue weighted by molar-refractivity contribution is -0.178. The predicted octanol–water partition coefficient (Wildman–Crippen LogP) is 3.69. The Labute approximate surface area is 174 Å². The fourth-order valence-corrected chi connectivity index (χ4v) is 2.24. The van der Waals surface area contributed by atoms with Gasteiger partial charge in [-0.25, -0.2) is 9.59 Å². The smallest absolute Gasteiger partial charge is 0.337 e. The summed E-state index contributed by atoms with van der Waals surface area (Å²) in [5.74, 6) is -1.16. The molecule has 0 radical (unpaired) electrons. The first-order chi connectivity index (χ1) is 14.4. The fourth-order valence-electron chi connectivity index (χ4n) is 2.24. The van der Waals surface area contributed by atoms with Gasteiger partial charge in [0.15, 0.2) is 0 Å². The molecule has 7 heteroatoms. The number of carbonyl (C=O) groups is 3. The monoisotopic (exact) mass is 410 g/mol. The number of para-hydroxylation sites is 1. The molecular formula is C23H22O7. The maximum Gasteiger partial charge on any atom is 0.337 e. The Morgan fingerprint density at radius 1 is 0.967 bits per heavy atom. The van der Waals surface area contributed by atoms with E-state index >= 15 is 0 Å². The number of ether oxygens (including phenoxy) is 4. The maximum absolute atomic E-state index is 12.0. The lowest BCUT2D eigenvalue weighted by Crippen LogP contribution is -2.23. The molecule has 0 heterocycles. The SMILES string of the molecule is C=C(CC(=O)Oc1ccccc1)C(=O)OC(C)OC(=O)/C=C/c1ccc(OC)cc1.